The minimum Gasteiger partial charge on any atom is -0.396 e. The number of hydrogen-bond acceptors (Lipinski definition) is 3. The van der Waals surface area contributed by atoms with Crippen LogP contribution in [0.5, 0.6) is 0 Å². The topological polar surface area (TPSA) is 26.7 Å². The quantitative estimate of drug-likeness (QED) is 0.871. The third-order valence-corrected chi connectivity index (χ3v) is 4.80. The highest BCUT2D eigenvalue weighted by molar-refractivity contribution is 5.18. The van der Waals surface area contributed by atoms with Crippen LogP contribution in [0.2, 0.25) is 0 Å². The van der Waals surface area contributed by atoms with E-state index < -0.39 is 0 Å². The maximum absolute atomic E-state index is 13.9. The number of aliphatic hydroxyl groups is 1. The van der Waals surface area contributed by atoms with Crippen LogP contribution in [0.4, 0.5) is 8.78 Å². The molecule has 1 atom stereocenters. The van der Waals surface area contributed by atoms with Crippen molar-refractivity contribution in [2.45, 2.75) is 25.6 Å². The fourth-order valence-corrected chi connectivity index (χ4v) is 3.43. The number of benzene rings is 2. The van der Waals surface area contributed by atoms with Gasteiger partial charge in [-0.05, 0) is 30.2 Å². The average Bonchev–Trinajstić information content (AvgIpc) is 2.61. The maximum atomic E-state index is 13.9. The molecule has 0 saturated carbocycles. The van der Waals surface area contributed by atoms with Crippen molar-refractivity contribution >= 4 is 0 Å². The van der Waals surface area contributed by atoms with Gasteiger partial charge in [0, 0.05) is 50.9 Å². The molecule has 1 aliphatic heterocycles. The Balaban J connectivity index is 1.63. The van der Waals surface area contributed by atoms with Crippen LogP contribution in [0.15, 0.2) is 48.5 Å². The van der Waals surface area contributed by atoms with Crippen molar-refractivity contribution in [3.05, 3.63) is 71.3 Å². The molecular formula is C20H24F2N2O. The lowest BCUT2D eigenvalue weighted by Crippen LogP contribution is -2.52. The van der Waals surface area contributed by atoms with Gasteiger partial charge in [0.1, 0.15) is 11.6 Å². The fourth-order valence-electron chi connectivity index (χ4n) is 3.43. The molecule has 1 saturated heterocycles. The molecule has 3 rings (SSSR count). The highest BCUT2D eigenvalue weighted by Crippen LogP contribution is 2.19. The summed E-state index contributed by atoms with van der Waals surface area (Å²) >= 11 is 0. The molecule has 2 aromatic carbocycles. The third-order valence-electron chi connectivity index (χ3n) is 4.80. The molecule has 0 aromatic heterocycles. The molecule has 134 valence electrons. The van der Waals surface area contributed by atoms with Gasteiger partial charge in [0.2, 0.25) is 0 Å². The van der Waals surface area contributed by atoms with E-state index in [0.29, 0.717) is 18.5 Å². The van der Waals surface area contributed by atoms with Crippen molar-refractivity contribution in [2.75, 3.05) is 26.2 Å². The van der Waals surface area contributed by atoms with E-state index in [1.807, 2.05) is 24.3 Å². The van der Waals surface area contributed by atoms with E-state index in [1.165, 1.54) is 18.2 Å². The van der Waals surface area contributed by atoms with Crippen LogP contribution >= 0.6 is 0 Å². The molecule has 5 heteroatoms. The van der Waals surface area contributed by atoms with Gasteiger partial charge in [-0.3, -0.25) is 9.80 Å². The first-order valence-electron chi connectivity index (χ1n) is 8.71. The summed E-state index contributed by atoms with van der Waals surface area (Å²) in [6.07, 6.45) is 0.661. The van der Waals surface area contributed by atoms with Gasteiger partial charge >= 0.3 is 0 Å². The minimum absolute atomic E-state index is 0.114. The molecule has 1 fully saturated rings. The van der Waals surface area contributed by atoms with E-state index in [-0.39, 0.29) is 24.3 Å². The van der Waals surface area contributed by atoms with Crippen molar-refractivity contribution in [1.29, 1.82) is 0 Å². The standard InChI is InChI=1S/C20H24F2N2O/c21-18-7-5-16(6-8-18)13-23-10-11-24(19(15-23)9-12-25)14-17-3-1-2-4-20(17)22/h1-8,19,25H,9-15H2/t19-/m0/s1. The molecule has 1 N–H and O–H groups in total. The fraction of sp³-hybridized carbons (Fsp3) is 0.400. The zero-order valence-electron chi connectivity index (χ0n) is 14.2. The van der Waals surface area contributed by atoms with Crippen molar-refractivity contribution in [3.8, 4) is 0 Å². The Morgan fingerprint density at radius 1 is 0.960 bits per heavy atom. The van der Waals surface area contributed by atoms with Gasteiger partial charge in [-0.2, -0.15) is 0 Å². The summed E-state index contributed by atoms with van der Waals surface area (Å²) in [4.78, 5) is 4.56. The molecule has 2 aromatic rings. The van der Waals surface area contributed by atoms with E-state index in [1.54, 1.807) is 6.07 Å². The molecule has 0 aliphatic carbocycles. The summed E-state index contributed by atoms with van der Waals surface area (Å²) in [6.45, 7) is 3.93. The second kappa shape index (κ2) is 8.52. The molecule has 0 radical (unpaired) electrons. The van der Waals surface area contributed by atoms with Gasteiger partial charge in [-0.25, -0.2) is 8.78 Å². The van der Waals surface area contributed by atoms with Gasteiger partial charge in [-0.1, -0.05) is 30.3 Å². The highest BCUT2D eigenvalue weighted by atomic mass is 19.1. The van der Waals surface area contributed by atoms with Gasteiger partial charge in [0.05, 0.1) is 0 Å². The van der Waals surface area contributed by atoms with Crippen molar-refractivity contribution < 1.29 is 13.9 Å². The van der Waals surface area contributed by atoms with Crippen LogP contribution in [0.1, 0.15) is 17.5 Å². The number of halogens is 2. The lowest BCUT2D eigenvalue weighted by molar-refractivity contribution is 0.0493. The smallest absolute Gasteiger partial charge is 0.127 e. The summed E-state index contributed by atoms with van der Waals surface area (Å²) in [5.41, 5.74) is 1.77. The molecule has 3 nitrogen and oxygen atoms in total. The summed E-state index contributed by atoms with van der Waals surface area (Å²) in [7, 11) is 0. The Morgan fingerprint density at radius 3 is 2.44 bits per heavy atom. The molecule has 0 unspecified atom stereocenters. The van der Waals surface area contributed by atoms with Crippen molar-refractivity contribution in [3.63, 3.8) is 0 Å². The second-order valence-corrected chi connectivity index (χ2v) is 6.59. The number of rotatable bonds is 6. The zero-order chi connectivity index (χ0) is 17.6. The van der Waals surface area contributed by atoms with Crippen molar-refractivity contribution in [1.82, 2.24) is 9.80 Å². The average molecular weight is 346 g/mol. The van der Waals surface area contributed by atoms with Crippen LogP contribution in [-0.4, -0.2) is 47.2 Å². The number of hydrogen-bond donors (Lipinski definition) is 1. The van der Waals surface area contributed by atoms with Crippen LogP contribution in [0.3, 0.4) is 0 Å². The van der Waals surface area contributed by atoms with Crippen LogP contribution < -0.4 is 0 Å². The number of piperazine rings is 1. The molecule has 1 heterocycles. The maximum Gasteiger partial charge on any atom is 0.127 e. The Morgan fingerprint density at radius 2 is 1.72 bits per heavy atom. The zero-order valence-corrected chi connectivity index (χ0v) is 14.2. The molecule has 25 heavy (non-hydrogen) atoms. The third kappa shape index (κ3) is 4.84. The monoisotopic (exact) mass is 346 g/mol. The Bertz CT molecular complexity index is 678. The Labute approximate surface area is 147 Å². The van der Waals surface area contributed by atoms with Gasteiger partial charge in [0.25, 0.3) is 0 Å². The number of aliphatic hydroxyl groups excluding tert-OH is 1. The first-order valence-corrected chi connectivity index (χ1v) is 8.71. The predicted molar refractivity (Wildman–Crippen MR) is 94.0 cm³/mol. The second-order valence-electron chi connectivity index (χ2n) is 6.59. The summed E-state index contributed by atoms with van der Waals surface area (Å²) in [5, 5.41) is 9.40. The first kappa shape index (κ1) is 18.0. The summed E-state index contributed by atoms with van der Waals surface area (Å²) < 4.78 is 27.0. The predicted octanol–water partition coefficient (Wildman–Crippen LogP) is 3.03. The van der Waals surface area contributed by atoms with E-state index in [0.717, 1.165) is 31.7 Å². The SMILES string of the molecule is OCC[C@H]1CN(Cc2ccc(F)cc2)CCN1Cc1ccccc1F. The first-order chi connectivity index (χ1) is 12.2. The lowest BCUT2D eigenvalue weighted by Gasteiger charge is -2.41. The van der Waals surface area contributed by atoms with E-state index in [9.17, 15) is 13.9 Å². The van der Waals surface area contributed by atoms with Crippen molar-refractivity contribution in [2.24, 2.45) is 0 Å². The van der Waals surface area contributed by atoms with Gasteiger partial charge in [-0.15, -0.1) is 0 Å². The Kier molecular flexibility index (Phi) is 6.13. The summed E-state index contributed by atoms with van der Waals surface area (Å²) in [6, 6.07) is 13.6. The molecule has 0 bridgehead atoms. The largest absolute Gasteiger partial charge is 0.396 e. The van der Waals surface area contributed by atoms with E-state index >= 15 is 0 Å². The normalized spacial score (nSPS) is 19.2. The van der Waals surface area contributed by atoms with Crippen LogP contribution in [0, 0.1) is 11.6 Å². The van der Waals surface area contributed by atoms with Crippen LogP contribution in [0.25, 0.3) is 0 Å². The molecule has 1 aliphatic rings. The summed E-state index contributed by atoms with van der Waals surface area (Å²) in [5.74, 6) is -0.407. The molecule has 0 spiro atoms. The minimum atomic E-state index is -0.225. The van der Waals surface area contributed by atoms with Gasteiger partial charge in [0.15, 0.2) is 0 Å². The molecular weight excluding hydrogens is 322 g/mol. The lowest BCUT2D eigenvalue weighted by atomic mass is 10.1. The van der Waals surface area contributed by atoms with E-state index in [4.69, 9.17) is 0 Å². The van der Waals surface area contributed by atoms with E-state index in [2.05, 4.69) is 9.80 Å². The van der Waals surface area contributed by atoms with Crippen LogP contribution in [-0.2, 0) is 13.1 Å². The van der Waals surface area contributed by atoms with Gasteiger partial charge < -0.3 is 5.11 Å². The molecule has 0 amide bonds. The number of nitrogens with zero attached hydrogens (tertiary/aromatic N) is 2. The highest BCUT2D eigenvalue weighted by Gasteiger charge is 2.27. The Hall–Kier alpha value is -1.82.